The highest BCUT2D eigenvalue weighted by Crippen LogP contribution is 2.23. The molecule has 0 radical (unpaired) electrons. The van der Waals surface area contributed by atoms with Gasteiger partial charge in [0.1, 0.15) is 17.8 Å². The zero-order chi connectivity index (χ0) is 66.5. The van der Waals surface area contributed by atoms with Crippen LogP contribution < -0.4 is 36.6 Å². The van der Waals surface area contributed by atoms with Gasteiger partial charge in [-0.1, -0.05) is 0 Å². The van der Waals surface area contributed by atoms with Gasteiger partial charge in [0.25, 0.3) is 11.8 Å². The van der Waals surface area contributed by atoms with Crippen molar-refractivity contribution in [1.82, 2.24) is 61.4 Å². The number of ether oxygens (including phenoxy) is 4. The molecule has 3 heterocycles. The lowest BCUT2D eigenvalue weighted by Crippen LogP contribution is -2.51. The van der Waals surface area contributed by atoms with Gasteiger partial charge in [-0.2, -0.15) is 0 Å². The van der Waals surface area contributed by atoms with Crippen molar-refractivity contribution < 1.29 is 102 Å². The minimum absolute atomic E-state index is 0.0399. The van der Waals surface area contributed by atoms with Gasteiger partial charge in [-0.15, -0.1) is 0 Å². The van der Waals surface area contributed by atoms with Crippen molar-refractivity contribution >= 4 is 83.2 Å². The highest BCUT2D eigenvalue weighted by atomic mass is 16.5. The van der Waals surface area contributed by atoms with Crippen molar-refractivity contribution in [2.24, 2.45) is 0 Å². The van der Waals surface area contributed by atoms with Crippen molar-refractivity contribution in [3.8, 4) is 5.75 Å². The van der Waals surface area contributed by atoms with E-state index in [0.29, 0.717) is 68.3 Å². The number of hydrogen-bond acceptors (Lipinski definition) is 22. The third-order valence-electron chi connectivity index (χ3n) is 14.7. The van der Waals surface area contributed by atoms with Crippen LogP contribution >= 0.6 is 0 Å². The lowest BCUT2D eigenvalue weighted by atomic mass is 9.78. The summed E-state index contributed by atoms with van der Waals surface area (Å²) >= 11 is 0. The number of carbonyl (C=O) groups excluding carboxylic acids is 7. The van der Waals surface area contributed by atoms with Crippen LogP contribution in [0.5, 0.6) is 5.75 Å². The summed E-state index contributed by atoms with van der Waals surface area (Å²) in [6, 6.07) is 3.81. The van der Waals surface area contributed by atoms with E-state index in [9.17, 15) is 83.2 Å². The number of unbranched alkanes of at least 4 members (excludes halogenated alkanes) is 2. The Morgan fingerprint density at radius 1 is 0.593 bits per heavy atom. The second kappa shape index (κ2) is 42.4. The second-order valence-corrected chi connectivity index (χ2v) is 21.8. The van der Waals surface area contributed by atoms with Crippen molar-refractivity contribution in [2.45, 2.75) is 82.7 Å². The van der Waals surface area contributed by atoms with E-state index in [0.717, 1.165) is 0 Å². The number of hydrogen-bond donors (Lipinski definition) is 12. The van der Waals surface area contributed by atoms with Gasteiger partial charge < -0.3 is 86.2 Å². The molecule has 7 amide bonds. The first-order valence-corrected chi connectivity index (χ1v) is 30.4. The Morgan fingerprint density at radius 3 is 1.69 bits per heavy atom. The van der Waals surface area contributed by atoms with Crippen LogP contribution in [0, 0.1) is 0 Å². The van der Waals surface area contributed by atoms with Gasteiger partial charge in [0.15, 0.2) is 6.61 Å². The average Bonchev–Trinajstić information content (AvgIpc) is 1.87. The Morgan fingerprint density at radius 2 is 1.13 bits per heavy atom. The summed E-state index contributed by atoms with van der Waals surface area (Å²) in [5, 5.41) is 74.0. The largest absolute Gasteiger partial charge is 0.484 e. The molecule has 0 bridgehead atoms. The van der Waals surface area contributed by atoms with E-state index in [1.807, 2.05) is 0 Å². The molecule has 33 nitrogen and oxygen atoms in total. The molecule has 12 N–H and O–H groups in total. The standard InChI is InChI=1S/C57H89BN12O21/c1-40(71)59-14-4-3-8-45(57(84)85)65-56(83)44(7-2-5-15-61-49(73)35-66-19-21-67(36-52(76)77)23-25-69(38-54(80)81)26-24-68(22-20-66)37-53(78)79)64-48(72)13-27-88-29-31-90-32-30-89-28-17-62-50(74)39-91-41-10-11-42-43(12-16-60-46(42)33-41)55(82)63-34-51(75)70-18-6-9-47(70)58(86)87/h10-12,16,33,44-45,47,86-87H,2-9,13-15,17-32,34-39H2,1H3,(H,59,71)(H,61,73)(H,62,74)(H,63,82)(H,64,72)(H,65,83)(H,76,77)(H,78,79)(H,80,81)(H,84,85)/t44-,45-,47-/m0/s1. The molecule has 0 aliphatic carbocycles. The molecular weight excluding hydrogens is 1200 g/mol. The number of amides is 7. The first-order valence-electron chi connectivity index (χ1n) is 30.4. The quantitative estimate of drug-likeness (QED) is 0.0223. The molecule has 2 aliphatic rings. The molecule has 0 saturated carbocycles. The molecule has 0 unspecified atom stereocenters. The molecule has 4 rings (SSSR count). The maximum Gasteiger partial charge on any atom is 0.475 e. The molecule has 506 valence electrons. The first kappa shape index (κ1) is 75.8. The SMILES string of the molecule is CC(=O)NCCCC[C@H](NC(=O)[C@H](CCCCNC(=O)CN1CCN(CC(=O)O)CCN(CC(=O)O)CCN(CC(=O)O)CC1)NC(=O)CCOCCOCCOCCNC(=O)COc1ccc2c(C(=O)NCC(=O)N3CCC[C@H]3B(O)O)ccnc2c1)C(=O)O. The van der Waals surface area contributed by atoms with E-state index in [-0.39, 0.29) is 181 Å². The van der Waals surface area contributed by atoms with Gasteiger partial charge in [0.05, 0.1) is 89.4 Å². The number of aliphatic carboxylic acids is 4. The third kappa shape index (κ3) is 31.3. The van der Waals surface area contributed by atoms with Crippen LogP contribution in [0.1, 0.15) is 75.1 Å². The van der Waals surface area contributed by atoms with Crippen molar-refractivity contribution in [3.05, 3.63) is 36.0 Å². The predicted octanol–water partition coefficient (Wildman–Crippen LogP) is -3.98. The normalized spacial score (nSPS) is 16.1. The highest BCUT2D eigenvalue weighted by Gasteiger charge is 2.37. The van der Waals surface area contributed by atoms with Crippen LogP contribution in [0.3, 0.4) is 0 Å². The fourth-order valence-corrected chi connectivity index (χ4v) is 9.90. The summed E-state index contributed by atoms with van der Waals surface area (Å²) in [4.78, 5) is 149. The Kier molecular flexibility index (Phi) is 35.3. The van der Waals surface area contributed by atoms with Gasteiger partial charge in [0.2, 0.25) is 29.5 Å². The van der Waals surface area contributed by atoms with Crippen LogP contribution in [0.2, 0.25) is 0 Å². The van der Waals surface area contributed by atoms with Crippen LogP contribution in [-0.2, 0) is 62.2 Å². The topological polar surface area (TPSA) is 447 Å². The number of benzene rings is 1. The number of fused-ring (bicyclic) bond motifs is 1. The lowest BCUT2D eigenvalue weighted by Gasteiger charge is -2.32. The van der Waals surface area contributed by atoms with Crippen LogP contribution in [-0.4, -0.2) is 308 Å². The summed E-state index contributed by atoms with van der Waals surface area (Å²) in [6.45, 7) is 3.28. The maximum atomic E-state index is 13.6. The smallest absolute Gasteiger partial charge is 0.475 e. The Labute approximate surface area is 527 Å². The van der Waals surface area contributed by atoms with Crippen molar-refractivity contribution in [3.63, 3.8) is 0 Å². The van der Waals surface area contributed by atoms with E-state index in [2.05, 4.69) is 36.9 Å². The van der Waals surface area contributed by atoms with Crippen LogP contribution in [0.25, 0.3) is 10.9 Å². The number of rotatable bonds is 41. The average molecular weight is 1290 g/mol. The first-order chi connectivity index (χ1) is 43.6. The zero-order valence-electron chi connectivity index (χ0n) is 51.5. The Bertz CT molecular complexity index is 2670. The molecule has 2 fully saturated rings. The number of carboxylic acids is 4. The van der Waals surface area contributed by atoms with Gasteiger partial charge in [-0.25, -0.2) is 4.79 Å². The fourth-order valence-electron chi connectivity index (χ4n) is 9.90. The third-order valence-corrected chi connectivity index (χ3v) is 14.7. The molecule has 2 aliphatic heterocycles. The molecule has 3 atom stereocenters. The number of likely N-dealkylation sites (tertiary alicyclic amines) is 1. The van der Waals surface area contributed by atoms with Crippen molar-refractivity contribution in [1.29, 1.82) is 0 Å². The number of nitrogens with zero attached hydrogens (tertiary/aromatic N) is 6. The van der Waals surface area contributed by atoms with Crippen LogP contribution in [0.4, 0.5) is 0 Å². The number of carboxylic acid groups (broad SMARTS) is 4. The summed E-state index contributed by atoms with van der Waals surface area (Å²) in [5.41, 5.74) is 0.668. The van der Waals surface area contributed by atoms with E-state index in [1.165, 1.54) is 24.1 Å². The monoisotopic (exact) mass is 1290 g/mol. The maximum absolute atomic E-state index is 13.6. The fraction of sp³-hybridized carbons (Fsp3) is 0.649. The molecule has 2 aromatic rings. The number of pyridine rings is 1. The number of carbonyl (C=O) groups is 11. The van der Waals surface area contributed by atoms with Gasteiger partial charge in [-0.3, -0.25) is 72.5 Å². The molecule has 91 heavy (non-hydrogen) atoms. The van der Waals surface area contributed by atoms with Gasteiger partial charge in [0, 0.05) is 110 Å². The van der Waals surface area contributed by atoms with E-state index in [1.54, 1.807) is 37.8 Å². The van der Waals surface area contributed by atoms with E-state index >= 15 is 0 Å². The predicted molar refractivity (Wildman–Crippen MR) is 324 cm³/mol. The van der Waals surface area contributed by atoms with Gasteiger partial charge >= 0.3 is 31.0 Å². The lowest BCUT2D eigenvalue weighted by molar-refractivity contribution is -0.142. The van der Waals surface area contributed by atoms with Crippen molar-refractivity contribution in [2.75, 3.05) is 158 Å². The molecule has 2 saturated heterocycles. The Balaban J connectivity index is 1.15. The summed E-state index contributed by atoms with van der Waals surface area (Å²) < 4.78 is 22.2. The number of nitrogens with one attached hydrogen (secondary N) is 6. The van der Waals surface area contributed by atoms with E-state index < -0.39 is 78.6 Å². The highest BCUT2D eigenvalue weighted by molar-refractivity contribution is 6.43. The zero-order valence-corrected chi connectivity index (χ0v) is 51.5. The molecule has 1 aromatic heterocycles. The second-order valence-electron chi connectivity index (χ2n) is 21.8. The summed E-state index contributed by atoms with van der Waals surface area (Å²) in [5.74, 6) is -8.20. The molecule has 1 aromatic carbocycles. The van der Waals surface area contributed by atoms with E-state index in [4.69, 9.17) is 18.9 Å². The minimum atomic E-state index is -1.67. The summed E-state index contributed by atoms with van der Waals surface area (Å²) in [7, 11) is -1.67. The molecule has 0 spiro atoms. The van der Waals surface area contributed by atoms with Crippen LogP contribution in [0.15, 0.2) is 30.5 Å². The molecular formula is C57H89BN12O21. The number of aromatic nitrogens is 1. The Hall–Kier alpha value is -7.70. The summed E-state index contributed by atoms with van der Waals surface area (Å²) in [6.07, 6.45) is 3.96. The minimum Gasteiger partial charge on any atom is -0.484 e. The molecule has 34 heteroatoms. The van der Waals surface area contributed by atoms with Gasteiger partial charge in [-0.05, 0) is 69.6 Å².